The second kappa shape index (κ2) is 6.77. The Hall–Kier alpha value is -1.86. The summed E-state index contributed by atoms with van der Waals surface area (Å²) >= 11 is 0. The van der Waals surface area contributed by atoms with Crippen LogP contribution in [0, 0.1) is 0 Å². The third kappa shape index (κ3) is 4.19. The number of hydrogen-bond acceptors (Lipinski definition) is 5. The van der Waals surface area contributed by atoms with Crippen molar-refractivity contribution in [2.24, 2.45) is 0 Å². The van der Waals surface area contributed by atoms with Gasteiger partial charge in [-0.15, -0.1) is 0 Å². The number of carbonyl (C=O) groups is 1. The molecule has 4 N–H and O–H groups in total. The summed E-state index contributed by atoms with van der Waals surface area (Å²) in [6.07, 6.45) is 1.40. The van der Waals surface area contributed by atoms with Gasteiger partial charge in [0.05, 0.1) is 19.3 Å². The molecule has 0 spiro atoms. The predicted octanol–water partition coefficient (Wildman–Crippen LogP) is -1.45. The second-order valence-corrected chi connectivity index (χ2v) is 3.83. The molecule has 0 aliphatic heterocycles. The number of methoxy groups -OCH3 is 1. The van der Waals surface area contributed by atoms with Crippen LogP contribution in [0.4, 0.5) is 5.69 Å². The number of rotatable bonds is 6. The normalized spacial score (nSPS) is 12.1. The molecule has 1 aromatic heterocycles. The maximum Gasteiger partial charge on any atom is 0.251 e. The molecule has 0 radical (unpaired) electrons. The Kier molecular flexibility index (Phi) is 5.34. The zero-order valence-corrected chi connectivity index (χ0v) is 10.1. The van der Waals surface area contributed by atoms with Crippen LogP contribution >= 0.6 is 0 Å². The number of amides is 1. The molecule has 0 aromatic carbocycles. The molecule has 7 nitrogen and oxygen atoms in total. The van der Waals surface area contributed by atoms with E-state index in [1.165, 1.54) is 30.0 Å². The van der Waals surface area contributed by atoms with Crippen LogP contribution in [0.2, 0.25) is 0 Å². The SMILES string of the molecule is COCC(CO)NC(=O)Cn1cc(N)ccc1=O. The Morgan fingerprint density at radius 2 is 2.33 bits per heavy atom. The Bertz CT molecular complexity index is 458. The number of nitrogen functional groups attached to an aromatic ring is 1. The van der Waals surface area contributed by atoms with E-state index < -0.39 is 6.04 Å². The highest BCUT2D eigenvalue weighted by Crippen LogP contribution is 1.95. The first-order chi connectivity index (χ1) is 8.56. The zero-order valence-electron chi connectivity index (χ0n) is 10.1. The topological polar surface area (TPSA) is 107 Å². The van der Waals surface area contributed by atoms with Gasteiger partial charge >= 0.3 is 0 Å². The van der Waals surface area contributed by atoms with Gasteiger partial charge in [0.2, 0.25) is 5.91 Å². The van der Waals surface area contributed by atoms with Gasteiger partial charge in [0.1, 0.15) is 6.54 Å². The maximum atomic E-state index is 11.6. The van der Waals surface area contributed by atoms with Crippen LogP contribution in [0.1, 0.15) is 0 Å². The molecule has 0 fully saturated rings. The molecule has 1 unspecified atom stereocenters. The highest BCUT2D eigenvalue weighted by molar-refractivity contribution is 5.76. The van der Waals surface area contributed by atoms with Crippen LogP contribution in [0.25, 0.3) is 0 Å². The van der Waals surface area contributed by atoms with Crippen LogP contribution in [-0.4, -0.2) is 41.9 Å². The largest absolute Gasteiger partial charge is 0.398 e. The first-order valence-electron chi connectivity index (χ1n) is 5.42. The van der Waals surface area contributed by atoms with E-state index in [9.17, 15) is 9.59 Å². The number of aliphatic hydroxyl groups excluding tert-OH is 1. The van der Waals surface area contributed by atoms with E-state index in [4.69, 9.17) is 15.6 Å². The van der Waals surface area contributed by atoms with Gasteiger partial charge in [0.15, 0.2) is 0 Å². The number of ether oxygens (including phenoxy) is 1. The van der Waals surface area contributed by atoms with Crippen LogP contribution in [0.3, 0.4) is 0 Å². The molecular formula is C11H17N3O4. The fourth-order valence-electron chi connectivity index (χ4n) is 1.44. The van der Waals surface area contributed by atoms with E-state index in [1.807, 2.05) is 0 Å². The minimum atomic E-state index is -0.487. The van der Waals surface area contributed by atoms with E-state index in [0.29, 0.717) is 5.69 Å². The van der Waals surface area contributed by atoms with Gasteiger partial charge in [-0.05, 0) is 6.07 Å². The van der Waals surface area contributed by atoms with Crippen molar-refractivity contribution in [3.8, 4) is 0 Å². The fourth-order valence-corrected chi connectivity index (χ4v) is 1.44. The number of pyridine rings is 1. The summed E-state index contributed by atoms with van der Waals surface area (Å²) in [5.74, 6) is -0.390. The van der Waals surface area contributed by atoms with Gasteiger partial charge in [-0.25, -0.2) is 0 Å². The summed E-state index contributed by atoms with van der Waals surface area (Å²) in [5.41, 5.74) is 5.61. The lowest BCUT2D eigenvalue weighted by atomic mass is 10.3. The zero-order chi connectivity index (χ0) is 13.5. The average Bonchev–Trinajstić information content (AvgIpc) is 2.33. The van der Waals surface area contributed by atoms with Crippen LogP contribution < -0.4 is 16.6 Å². The predicted molar refractivity (Wildman–Crippen MR) is 66.0 cm³/mol. The van der Waals surface area contributed by atoms with Crippen molar-refractivity contribution in [1.29, 1.82) is 0 Å². The third-order valence-corrected chi connectivity index (χ3v) is 2.27. The molecule has 100 valence electrons. The number of hydrogen-bond donors (Lipinski definition) is 3. The Morgan fingerprint density at radius 3 is 2.94 bits per heavy atom. The van der Waals surface area contributed by atoms with Crippen LogP contribution in [-0.2, 0) is 16.1 Å². The lowest BCUT2D eigenvalue weighted by Gasteiger charge is -2.15. The van der Waals surface area contributed by atoms with E-state index in [2.05, 4.69) is 5.32 Å². The number of carbonyl (C=O) groups excluding carboxylic acids is 1. The molecule has 0 bridgehead atoms. The van der Waals surface area contributed by atoms with Gasteiger partial charge in [-0.2, -0.15) is 0 Å². The van der Waals surface area contributed by atoms with Gasteiger partial charge < -0.3 is 25.5 Å². The Morgan fingerprint density at radius 1 is 1.61 bits per heavy atom. The van der Waals surface area contributed by atoms with Gasteiger partial charge in [-0.3, -0.25) is 9.59 Å². The molecular weight excluding hydrogens is 238 g/mol. The van der Waals surface area contributed by atoms with E-state index in [0.717, 1.165) is 0 Å². The van der Waals surface area contributed by atoms with Crippen molar-refractivity contribution in [2.75, 3.05) is 26.1 Å². The summed E-state index contributed by atoms with van der Waals surface area (Å²) in [4.78, 5) is 23.1. The molecule has 18 heavy (non-hydrogen) atoms. The summed E-state index contributed by atoms with van der Waals surface area (Å²) in [5, 5.41) is 11.5. The highest BCUT2D eigenvalue weighted by Gasteiger charge is 2.11. The standard InChI is InChI=1S/C11H17N3O4/c1-18-7-9(6-15)13-10(16)5-14-4-8(12)2-3-11(14)17/h2-4,9,15H,5-7,12H2,1H3,(H,13,16). The first-order valence-corrected chi connectivity index (χ1v) is 5.42. The molecule has 1 heterocycles. The molecule has 1 amide bonds. The van der Waals surface area contributed by atoms with E-state index in [1.54, 1.807) is 0 Å². The lowest BCUT2D eigenvalue weighted by molar-refractivity contribution is -0.123. The van der Waals surface area contributed by atoms with Crippen LogP contribution in [0.5, 0.6) is 0 Å². The van der Waals surface area contributed by atoms with Gasteiger partial charge in [0.25, 0.3) is 5.56 Å². The molecule has 0 saturated heterocycles. The highest BCUT2D eigenvalue weighted by atomic mass is 16.5. The van der Waals surface area contributed by atoms with E-state index in [-0.39, 0.29) is 31.2 Å². The Labute approximate surface area is 104 Å². The van der Waals surface area contributed by atoms with Gasteiger partial charge in [0, 0.05) is 25.1 Å². The Balaban J connectivity index is 2.64. The summed E-state index contributed by atoms with van der Waals surface area (Å²) < 4.78 is 6.03. The number of nitrogens with zero attached hydrogens (tertiary/aromatic N) is 1. The third-order valence-electron chi connectivity index (χ3n) is 2.27. The van der Waals surface area contributed by atoms with Crippen LogP contribution in [0.15, 0.2) is 23.1 Å². The number of nitrogens with one attached hydrogen (secondary N) is 1. The fraction of sp³-hybridized carbons (Fsp3) is 0.455. The molecule has 7 heteroatoms. The first kappa shape index (κ1) is 14.2. The van der Waals surface area contributed by atoms with Gasteiger partial charge in [-0.1, -0.05) is 0 Å². The number of anilines is 1. The summed E-state index contributed by atoms with van der Waals surface area (Å²) in [7, 11) is 1.47. The van der Waals surface area contributed by atoms with Crippen molar-refractivity contribution < 1.29 is 14.6 Å². The van der Waals surface area contributed by atoms with Crippen molar-refractivity contribution in [3.63, 3.8) is 0 Å². The molecule has 1 aromatic rings. The number of nitrogens with two attached hydrogens (primary N) is 1. The quantitative estimate of drug-likeness (QED) is 0.577. The maximum absolute atomic E-state index is 11.6. The molecule has 1 rings (SSSR count). The minimum Gasteiger partial charge on any atom is -0.398 e. The van der Waals surface area contributed by atoms with Crippen molar-refractivity contribution >= 4 is 11.6 Å². The van der Waals surface area contributed by atoms with Crippen molar-refractivity contribution in [2.45, 2.75) is 12.6 Å². The molecule has 1 atom stereocenters. The number of aromatic nitrogens is 1. The monoisotopic (exact) mass is 255 g/mol. The summed E-state index contributed by atoms with van der Waals surface area (Å²) in [6, 6.07) is 2.28. The molecule has 0 aliphatic carbocycles. The molecule has 0 aliphatic rings. The summed E-state index contributed by atoms with van der Waals surface area (Å²) in [6.45, 7) is -0.177. The average molecular weight is 255 g/mol. The minimum absolute atomic E-state index is 0.149. The lowest BCUT2D eigenvalue weighted by Crippen LogP contribution is -2.43. The molecule has 0 saturated carbocycles. The van der Waals surface area contributed by atoms with E-state index >= 15 is 0 Å². The smallest absolute Gasteiger partial charge is 0.251 e. The van der Waals surface area contributed by atoms with Crippen molar-refractivity contribution in [1.82, 2.24) is 9.88 Å². The second-order valence-electron chi connectivity index (χ2n) is 3.83. The number of aliphatic hydroxyl groups is 1. The van der Waals surface area contributed by atoms with Crippen molar-refractivity contribution in [3.05, 3.63) is 28.7 Å².